The van der Waals surface area contributed by atoms with Gasteiger partial charge in [0.2, 0.25) is 0 Å². The van der Waals surface area contributed by atoms with E-state index < -0.39 is 0 Å². The Labute approximate surface area is 155 Å². The van der Waals surface area contributed by atoms with Crippen molar-refractivity contribution in [1.29, 1.82) is 0 Å². The third-order valence-corrected chi connectivity index (χ3v) is 6.18. The molecule has 5 heteroatoms. The average Bonchev–Trinajstić information content (AvgIpc) is 2.99. The van der Waals surface area contributed by atoms with E-state index in [4.69, 9.17) is 0 Å². The van der Waals surface area contributed by atoms with Crippen LogP contribution in [0.5, 0.6) is 0 Å². The molecular formula is C21H30N4O. The number of likely N-dealkylation sites (N-methyl/N-ethyl adjacent to an activating group) is 1. The smallest absolute Gasteiger partial charge is 0.251 e. The van der Waals surface area contributed by atoms with Crippen LogP contribution in [0.2, 0.25) is 0 Å². The summed E-state index contributed by atoms with van der Waals surface area (Å²) in [5.74, 6) is 0.0631. The van der Waals surface area contributed by atoms with Gasteiger partial charge in [-0.25, -0.2) is 0 Å². The number of hydrogen-bond donors (Lipinski definition) is 2. The number of amides is 1. The van der Waals surface area contributed by atoms with Crippen molar-refractivity contribution in [2.45, 2.75) is 51.7 Å². The van der Waals surface area contributed by atoms with Gasteiger partial charge in [-0.2, -0.15) is 0 Å². The molecule has 4 rings (SSSR count). The SMILES string of the molecule is CCN1CCC(NC(=O)c2ccc3[nH]c4c(c3c2)CN(C)CC4)CC1C. The number of likely N-dealkylation sites (tertiary alicyclic amines) is 1. The molecule has 5 nitrogen and oxygen atoms in total. The summed E-state index contributed by atoms with van der Waals surface area (Å²) in [5.41, 5.74) is 4.61. The molecule has 140 valence electrons. The quantitative estimate of drug-likeness (QED) is 0.891. The summed E-state index contributed by atoms with van der Waals surface area (Å²) in [4.78, 5) is 21.2. The van der Waals surface area contributed by atoms with Crippen LogP contribution in [0, 0.1) is 0 Å². The summed E-state index contributed by atoms with van der Waals surface area (Å²) in [5, 5.41) is 4.47. The Hall–Kier alpha value is -1.85. The van der Waals surface area contributed by atoms with Crippen molar-refractivity contribution in [3.05, 3.63) is 35.0 Å². The molecule has 0 radical (unpaired) electrons. The molecule has 1 saturated heterocycles. The zero-order valence-corrected chi connectivity index (χ0v) is 16.1. The number of nitrogens with one attached hydrogen (secondary N) is 2. The Morgan fingerprint density at radius 1 is 1.35 bits per heavy atom. The maximum atomic E-state index is 12.8. The van der Waals surface area contributed by atoms with Gasteiger partial charge in [0.05, 0.1) is 0 Å². The first kappa shape index (κ1) is 17.6. The fourth-order valence-corrected chi connectivity index (χ4v) is 4.58. The molecule has 2 aliphatic heterocycles. The van der Waals surface area contributed by atoms with E-state index in [-0.39, 0.29) is 11.9 Å². The van der Waals surface area contributed by atoms with Gasteiger partial charge in [-0.05, 0) is 57.1 Å². The predicted octanol–water partition coefficient (Wildman–Crippen LogP) is 2.76. The van der Waals surface area contributed by atoms with Gasteiger partial charge in [-0.1, -0.05) is 6.92 Å². The number of rotatable bonds is 3. The Morgan fingerprint density at radius 3 is 2.96 bits per heavy atom. The molecule has 2 atom stereocenters. The molecule has 1 aromatic carbocycles. The van der Waals surface area contributed by atoms with E-state index in [0.717, 1.165) is 56.5 Å². The van der Waals surface area contributed by atoms with Gasteiger partial charge >= 0.3 is 0 Å². The highest BCUT2D eigenvalue weighted by Gasteiger charge is 2.26. The van der Waals surface area contributed by atoms with Crippen LogP contribution < -0.4 is 5.32 Å². The van der Waals surface area contributed by atoms with E-state index in [2.05, 4.69) is 53.1 Å². The minimum Gasteiger partial charge on any atom is -0.358 e. The summed E-state index contributed by atoms with van der Waals surface area (Å²) in [7, 11) is 2.15. The predicted molar refractivity (Wildman–Crippen MR) is 106 cm³/mol. The second-order valence-electron chi connectivity index (χ2n) is 8.00. The van der Waals surface area contributed by atoms with Crippen LogP contribution in [-0.2, 0) is 13.0 Å². The zero-order chi connectivity index (χ0) is 18.3. The number of aromatic nitrogens is 1. The van der Waals surface area contributed by atoms with Gasteiger partial charge in [-0.15, -0.1) is 0 Å². The molecular weight excluding hydrogens is 324 g/mol. The fraction of sp³-hybridized carbons (Fsp3) is 0.571. The minimum atomic E-state index is 0.0631. The highest BCUT2D eigenvalue weighted by atomic mass is 16.1. The number of benzene rings is 1. The monoisotopic (exact) mass is 354 g/mol. The largest absolute Gasteiger partial charge is 0.358 e. The highest BCUT2D eigenvalue weighted by Crippen LogP contribution is 2.28. The first-order valence-corrected chi connectivity index (χ1v) is 9.92. The lowest BCUT2D eigenvalue weighted by Gasteiger charge is -2.37. The van der Waals surface area contributed by atoms with E-state index in [1.807, 2.05) is 6.07 Å². The molecule has 2 unspecified atom stereocenters. The molecule has 1 fully saturated rings. The molecule has 0 bridgehead atoms. The van der Waals surface area contributed by atoms with Gasteiger partial charge in [0.25, 0.3) is 5.91 Å². The molecule has 0 aliphatic carbocycles. The van der Waals surface area contributed by atoms with E-state index in [9.17, 15) is 4.79 Å². The molecule has 26 heavy (non-hydrogen) atoms. The Kier molecular flexibility index (Phi) is 4.76. The molecule has 2 aliphatic rings. The lowest BCUT2D eigenvalue weighted by atomic mass is 9.97. The number of hydrogen-bond acceptors (Lipinski definition) is 3. The first-order valence-electron chi connectivity index (χ1n) is 9.92. The van der Waals surface area contributed by atoms with Crippen molar-refractivity contribution >= 4 is 16.8 Å². The fourth-order valence-electron chi connectivity index (χ4n) is 4.58. The number of piperidine rings is 1. The first-order chi connectivity index (χ1) is 12.5. The molecule has 2 aromatic rings. The maximum Gasteiger partial charge on any atom is 0.251 e. The van der Waals surface area contributed by atoms with Crippen molar-refractivity contribution in [1.82, 2.24) is 20.1 Å². The van der Waals surface area contributed by atoms with Gasteiger partial charge in [0.1, 0.15) is 0 Å². The maximum absolute atomic E-state index is 12.8. The standard InChI is InChI=1S/C21H30N4O/c1-4-25-10-7-16(11-14(25)2)22-21(26)15-5-6-19-17(12-15)18-13-24(3)9-8-20(18)23-19/h5-6,12,14,16,23H,4,7-11,13H2,1-3H3,(H,22,26). The van der Waals surface area contributed by atoms with E-state index in [1.165, 1.54) is 16.6 Å². The summed E-state index contributed by atoms with van der Waals surface area (Å²) in [6.45, 7) is 8.66. The van der Waals surface area contributed by atoms with Crippen LogP contribution in [0.1, 0.15) is 48.3 Å². The van der Waals surface area contributed by atoms with Crippen molar-refractivity contribution < 1.29 is 4.79 Å². The third-order valence-electron chi connectivity index (χ3n) is 6.18. The number of carbonyl (C=O) groups excluding carboxylic acids is 1. The van der Waals surface area contributed by atoms with Crippen LogP contribution in [-0.4, -0.2) is 59.5 Å². The zero-order valence-electron chi connectivity index (χ0n) is 16.1. The molecule has 1 aromatic heterocycles. The molecule has 3 heterocycles. The van der Waals surface area contributed by atoms with Gasteiger partial charge < -0.3 is 20.1 Å². The Balaban J connectivity index is 1.51. The van der Waals surface area contributed by atoms with Gasteiger partial charge in [-0.3, -0.25) is 4.79 Å². The van der Waals surface area contributed by atoms with Crippen LogP contribution in [0.3, 0.4) is 0 Å². The number of aromatic amines is 1. The summed E-state index contributed by atoms with van der Waals surface area (Å²) >= 11 is 0. The third kappa shape index (κ3) is 3.26. The van der Waals surface area contributed by atoms with Crippen molar-refractivity contribution in [3.63, 3.8) is 0 Å². The van der Waals surface area contributed by atoms with Crippen molar-refractivity contribution in [2.24, 2.45) is 0 Å². The highest BCUT2D eigenvalue weighted by molar-refractivity contribution is 5.99. The van der Waals surface area contributed by atoms with Crippen LogP contribution in [0.25, 0.3) is 10.9 Å². The molecule has 2 N–H and O–H groups in total. The van der Waals surface area contributed by atoms with Gasteiger partial charge in [0, 0.05) is 60.3 Å². The van der Waals surface area contributed by atoms with E-state index in [1.54, 1.807) is 0 Å². The Morgan fingerprint density at radius 2 is 2.19 bits per heavy atom. The summed E-state index contributed by atoms with van der Waals surface area (Å²) in [6.07, 6.45) is 3.12. The second kappa shape index (κ2) is 7.05. The van der Waals surface area contributed by atoms with E-state index >= 15 is 0 Å². The number of carbonyl (C=O) groups is 1. The molecule has 0 saturated carbocycles. The van der Waals surface area contributed by atoms with Gasteiger partial charge in [0.15, 0.2) is 0 Å². The lowest BCUT2D eigenvalue weighted by molar-refractivity contribution is 0.0882. The lowest BCUT2D eigenvalue weighted by Crippen LogP contribution is -2.48. The van der Waals surface area contributed by atoms with Crippen molar-refractivity contribution in [2.75, 3.05) is 26.7 Å². The summed E-state index contributed by atoms with van der Waals surface area (Å²) in [6, 6.07) is 6.90. The second-order valence-corrected chi connectivity index (χ2v) is 8.00. The molecule has 0 spiro atoms. The average molecular weight is 354 g/mol. The minimum absolute atomic E-state index is 0.0631. The number of H-pyrrole nitrogens is 1. The topological polar surface area (TPSA) is 51.4 Å². The normalized spacial score (nSPS) is 24.6. The van der Waals surface area contributed by atoms with E-state index in [0.29, 0.717) is 6.04 Å². The number of fused-ring (bicyclic) bond motifs is 3. The van der Waals surface area contributed by atoms with Crippen LogP contribution >= 0.6 is 0 Å². The van der Waals surface area contributed by atoms with Crippen LogP contribution in [0.15, 0.2) is 18.2 Å². The molecule has 1 amide bonds. The van der Waals surface area contributed by atoms with Crippen LogP contribution in [0.4, 0.5) is 0 Å². The van der Waals surface area contributed by atoms with Crippen molar-refractivity contribution in [3.8, 4) is 0 Å². The Bertz CT molecular complexity index is 812. The summed E-state index contributed by atoms with van der Waals surface area (Å²) < 4.78 is 0. The number of nitrogens with zero attached hydrogens (tertiary/aromatic N) is 2.